The number of hydrogen-bond acceptors (Lipinski definition) is 0. The highest BCUT2D eigenvalue weighted by atomic mass is 14.1. The van der Waals surface area contributed by atoms with Crippen molar-refractivity contribution in [3.05, 3.63) is 59.8 Å². The van der Waals surface area contributed by atoms with E-state index in [2.05, 4.69) is 48.6 Å². The van der Waals surface area contributed by atoms with Crippen LogP contribution in [0.15, 0.2) is 59.8 Å². The van der Waals surface area contributed by atoms with Crippen molar-refractivity contribution in [3.63, 3.8) is 0 Å². The van der Waals surface area contributed by atoms with Crippen LogP contribution in [-0.2, 0) is 0 Å². The van der Waals surface area contributed by atoms with E-state index in [1.807, 2.05) is 0 Å². The zero-order valence-corrected chi connectivity index (χ0v) is 8.45. The third-order valence-corrected chi connectivity index (χ3v) is 2.62. The largest absolute Gasteiger partial charge is 0.0845 e. The standard InChI is InChI=1S/C14H16/c1-2-6-10-13(9-5-1)14-11-7-3-4-8-12-14/h1-3,5,7,9-11H,4,6,8,12H2. The summed E-state index contributed by atoms with van der Waals surface area (Å²) in [6.07, 6.45) is 22.4. The Hall–Kier alpha value is -1.30. The minimum Gasteiger partial charge on any atom is -0.0845 e. The molecule has 0 aromatic rings. The van der Waals surface area contributed by atoms with Crippen LogP contribution in [-0.4, -0.2) is 0 Å². The minimum absolute atomic E-state index is 1.06. The van der Waals surface area contributed by atoms with Gasteiger partial charge in [-0.1, -0.05) is 48.6 Å². The molecule has 0 bridgehead atoms. The highest BCUT2D eigenvalue weighted by Crippen LogP contribution is 2.22. The summed E-state index contributed by atoms with van der Waals surface area (Å²) in [4.78, 5) is 0. The normalized spacial score (nSPS) is 21.1. The van der Waals surface area contributed by atoms with E-state index in [0.29, 0.717) is 0 Å². The summed E-state index contributed by atoms with van der Waals surface area (Å²) >= 11 is 0. The van der Waals surface area contributed by atoms with Crippen LogP contribution < -0.4 is 0 Å². The average molecular weight is 184 g/mol. The summed E-state index contributed by atoms with van der Waals surface area (Å²) in [7, 11) is 0. The van der Waals surface area contributed by atoms with Crippen LogP contribution >= 0.6 is 0 Å². The zero-order chi connectivity index (χ0) is 9.64. The van der Waals surface area contributed by atoms with E-state index in [1.165, 1.54) is 30.4 Å². The molecule has 0 fully saturated rings. The van der Waals surface area contributed by atoms with Crippen LogP contribution in [0.4, 0.5) is 0 Å². The Balaban J connectivity index is 2.17. The van der Waals surface area contributed by atoms with E-state index in [1.54, 1.807) is 0 Å². The number of hydrogen-bond donors (Lipinski definition) is 0. The highest BCUT2D eigenvalue weighted by molar-refractivity contribution is 5.44. The van der Waals surface area contributed by atoms with Gasteiger partial charge in [-0.2, -0.15) is 0 Å². The lowest BCUT2D eigenvalue weighted by Crippen LogP contribution is -1.86. The van der Waals surface area contributed by atoms with E-state index >= 15 is 0 Å². The summed E-state index contributed by atoms with van der Waals surface area (Å²) in [5.74, 6) is 0. The molecule has 0 heteroatoms. The maximum atomic E-state index is 2.31. The maximum absolute atomic E-state index is 2.31. The molecule has 0 amide bonds. The summed E-state index contributed by atoms with van der Waals surface area (Å²) < 4.78 is 0. The predicted octanol–water partition coefficient (Wildman–Crippen LogP) is 4.10. The van der Waals surface area contributed by atoms with E-state index in [-0.39, 0.29) is 0 Å². The lowest BCUT2D eigenvalue weighted by atomic mass is 10.0. The second-order valence-electron chi connectivity index (χ2n) is 3.69. The smallest absolute Gasteiger partial charge is 0.0157 e. The van der Waals surface area contributed by atoms with Crippen molar-refractivity contribution in [1.29, 1.82) is 0 Å². The van der Waals surface area contributed by atoms with E-state index < -0.39 is 0 Å². The van der Waals surface area contributed by atoms with Gasteiger partial charge in [0.1, 0.15) is 0 Å². The molecule has 0 radical (unpaired) electrons. The van der Waals surface area contributed by atoms with Crippen LogP contribution in [0.3, 0.4) is 0 Å². The lowest BCUT2D eigenvalue weighted by Gasteiger charge is -2.05. The van der Waals surface area contributed by atoms with E-state index in [4.69, 9.17) is 0 Å². The fourth-order valence-corrected chi connectivity index (χ4v) is 1.83. The van der Waals surface area contributed by atoms with Crippen molar-refractivity contribution >= 4 is 0 Å². The molecular weight excluding hydrogens is 168 g/mol. The van der Waals surface area contributed by atoms with Gasteiger partial charge in [-0.15, -0.1) is 0 Å². The van der Waals surface area contributed by atoms with Crippen molar-refractivity contribution < 1.29 is 0 Å². The molecule has 0 aromatic carbocycles. The van der Waals surface area contributed by atoms with Crippen molar-refractivity contribution in [1.82, 2.24) is 0 Å². The molecule has 72 valence electrons. The fraction of sp³-hybridized carbons (Fsp3) is 0.286. The molecule has 0 unspecified atom stereocenters. The number of allylic oxidation sites excluding steroid dienone is 10. The Morgan fingerprint density at radius 2 is 2.00 bits per heavy atom. The molecule has 0 aliphatic heterocycles. The van der Waals surface area contributed by atoms with Crippen molar-refractivity contribution in [2.75, 3.05) is 0 Å². The van der Waals surface area contributed by atoms with Crippen molar-refractivity contribution in [2.45, 2.75) is 25.7 Å². The van der Waals surface area contributed by atoms with Crippen LogP contribution in [0, 0.1) is 0 Å². The van der Waals surface area contributed by atoms with Crippen molar-refractivity contribution in [2.24, 2.45) is 0 Å². The molecular formula is C14H16. The summed E-state index contributed by atoms with van der Waals surface area (Å²) in [6.45, 7) is 0. The van der Waals surface area contributed by atoms with Gasteiger partial charge >= 0.3 is 0 Å². The highest BCUT2D eigenvalue weighted by Gasteiger charge is 2.03. The predicted molar refractivity (Wildman–Crippen MR) is 62.1 cm³/mol. The first-order valence-corrected chi connectivity index (χ1v) is 5.36. The first-order valence-electron chi connectivity index (χ1n) is 5.36. The molecule has 0 nitrogen and oxygen atoms in total. The van der Waals surface area contributed by atoms with Crippen LogP contribution in [0.1, 0.15) is 25.7 Å². The third kappa shape index (κ3) is 2.35. The Kier molecular flexibility index (Phi) is 3.18. The van der Waals surface area contributed by atoms with Gasteiger partial charge < -0.3 is 0 Å². The quantitative estimate of drug-likeness (QED) is 0.575. The Labute approximate surface area is 86.0 Å². The molecule has 0 aromatic heterocycles. The Morgan fingerprint density at radius 3 is 3.00 bits per heavy atom. The second kappa shape index (κ2) is 4.80. The van der Waals surface area contributed by atoms with E-state index in [9.17, 15) is 0 Å². The maximum Gasteiger partial charge on any atom is -0.0157 e. The van der Waals surface area contributed by atoms with Crippen LogP contribution in [0.2, 0.25) is 0 Å². The molecule has 0 spiro atoms. The van der Waals surface area contributed by atoms with Crippen LogP contribution in [0.25, 0.3) is 0 Å². The molecule has 0 saturated heterocycles. The van der Waals surface area contributed by atoms with Gasteiger partial charge in [0, 0.05) is 0 Å². The van der Waals surface area contributed by atoms with Gasteiger partial charge in [-0.25, -0.2) is 0 Å². The van der Waals surface area contributed by atoms with Gasteiger partial charge in [0.25, 0.3) is 0 Å². The molecule has 2 rings (SSSR count). The lowest BCUT2D eigenvalue weighted by molar-refractivity contribution is 0.849. The molecule has 2 aliphatic rings. The fourth-order valence-electron chi connectivity index (χ4n) is 1.83. The summed E-state index contributed by atoms with van der Waals surface area (Å²) in [5, 5.41) is 0. The van der Waals surface area contributed by atoms with Gasteiger partial charge in [-0.05, 0) is 36.8 Å². The third-order valence-electron chi connectivity index (χ3n) is 2.62. The Morgan fingerprint density at radius 1 is 1.00 bits per heavy atom. The SMILES string of the molecule is C1=CCC=C(C2=CC=CCCC2)C=C1. The molecule has 2 aliphatic carbocycles. The molecule has 0 heterocycles. The van der Waals surface area contributed by atoms with E-state index in [0.717, 1.165) is 6.42 Å². The first-order chi connectivity index (χ1) is 6.97. The topological polar surface area (TPSA) is 0 Å². The second-order valence-corrected chi connectivity index (χ2v) is 3.69. The van der Waals surface area contributed by atoms with Gasteiger partial charge in [-0.3, -0.25) is 0 Å². The minimum atomic E-state index is 1.06. The Bertz CT molecular complexity index is 335. The molecule has 14 heavy (non-hydrogen) atoms. The number of rotatable bonds is 1. The van der Waals surface area contributed by atoms with Gasteiger partial charge in [0.2, 0.25) is 0 Å². The average Bonchev–Trinajstić information content (AvgIpc) is 2.62. The molecule has 0 atom stereocenters. The van der Waals surface area contributed by atoms with Crippen LogP contribution in [0.5, 0.6) is 0 Å². The monoisotopic (exact) mass is 184 g/mol. The van der Waals surface area contributed by atoms with Gasteiger partial charge in [0.05, 0.1) is 0 Å². The van der Waals surface area contributed by atoms with Crippen molar-refractivity contribution in [3.8, 4) is 0 Å². The molecule has 0 N–H and O–H groups in total. The first kappa shape index (κ1) is 9.26. The zero-order valence-electron chi connectivity index (χ0n) is 8.45. The summed E-state index contributed by atoms with van der Waals surface area (Å²) in [5.41, 5.74) is 2.89. The summed E-state index contributed by atoms with van der Waals surface area (Å²) in [6, 6.07) is 0. The molecule has 0 saturated carbocycles. The van der Waals surface area contributed by atoms with Gasteiger partial charge in [0.15, 0.2) is 0 Å².